The van der Waals surface area contributed by atoms with E-state index in [0.29, 0.717) is 6.04 Å². The Morgan fingerprint density at radius 1 is 1.20 bits per heavy atom. The van der Waals surface area contributed by atoms with Crippen LogP contribution in [0.15, 0.2) is 24.3 Å². The van der Waals surface area contributed by atoms with Crippen LogP contribution in [0.3, 0.4) is 0 Å². The molecular formula is C21H27F4N5. The number of nitrogens with one attached hydrogen (secondary N) is 2. The second-order valence-electron chi connectivity index (χ2n) is 7.54. The number of rotatable bonds is 7. The molecular weight excluding hydrogens is 398 g/mol. The Bertz CT molecular complexity index is 856. The molecule has 1 aliphatic heterocycles. The van der Waals surface area contributed by atoms with Gasteiger partial charge in [-0.25, -0.2) is 9.37 Å². The monoisotopic (exact) mass is 425 g/mol. The largest absolute Gasteiger partial charge is 0.419 e. The van der Waals surface area contributed by atoms with Crippen LogP contribution in [0.4, 0.5) is 35.0 Å². The maximum Gasteiger partial charge on any atom is 0.419 e. The summed E-state index contributed by atoms with van der Waals surface area (Å²) in [5.74, 6) is -0.348. The number of hydrogen-bond acceptors (Lipinski definition) is 5. The van der Waals surface area contributed by atoms with E-state index in [4.69, 9.17) is 0 Å². The van der Waals surface area contributed by atoms with Gasteiger partial charge < -0.3 is 15.5 Å². The van der Waals surface area contributed by atoms with Crippen molar-refractivity contribution >= 4 is 17.5 Å². The minimum Gasteiger partial charge on any atom is -0.355 e. The zero-order valence-electron chi connectivity index (χ0n) is 17.2. The highest BCUT2D eigenvalue weighted by atomic mass is 19.4. The van der Waals surface area contributed by atoms with E-state index in [9.17, 15) is 17.6 Å². The molecule has 2 N–H and O–H groups in total. The molecule has 3 rings (SSSR count). The van der Waals surface area contributed by atoms with Crippen LogP contribution in [0.2, 0.25) is 0 Å². The van der Waals surface area contributed by atoms with E-state index in [1.807, 2.05) is 13.1 Å². The summed E-state index contributed by atoms with van der Waals surface area (Å²) in [6, 6.07) is 5.11. The van der Waals surface area contributed by atoms with Crippen LogP contribution in [0.5, 0.6) is 0 Å². The lowest BCUT2D eigenvalue weighted by atomic mass is 10.1. The zero-order chi connectivity index (χ0) is 21.7. The summed E-state index contributed by atoms with van der Waals surface area (Å²) in [4.78, 5) is 11.2. The van der Waals surface area contributed by atoms with Crippen molar-refractivity contribution in [3.63, 3.8) is 0 Å². The predicted molar refractivity (Wildman–Crippen MR) is 110 cm³/mol. The maximum absolute atomic E-state index is 13.6. The minimum atomic E-state index is -4.77. The Morgan fingerprint density at radius 3 is 2.70 bits per heavy atom. The van der Waals surface area contributed by atoms with Crippen LogP contribution in [0.25, 0.3) is 0 Å². The molecule has 0 aliphatic carbocycles. The molecule has 1 saturated heterocycles. The minimum absolute atomic E-state index is 0.0917. The highest BCUT2D eigenvalue weighted by Crippen LogP contribution is 2.33. The van der Waals surface area contributed by atoms with Crippen LogP contribution in [0.1, 0.15) is 43.9 Å². The Balaban J connectivity index is 1.90. The van der Waals surface area contributed by atoms with Crippen molar-refractivity contribution < 1.29 is 17.6 Å². The van der Waals surface area contributed by atoms with Gasteiger partial charge in [0.1, 0.15) is 11.6 Å². The fourth-order valence-corrected chi connectivity index (χ4v) is 3.56. The third-order valence-electron chi connectivity index (χ3n) is 5.23. The van der Waals surface area contributed by atoms with Crippen LogP contribution in [0, 0.1) is 5.82 Å². The molecule has 9 heteroatoms. The van der Waals surface area contributed by atoms with Crippen LogP contribution in [-0.4, -0.2) is 36.1 Å². The predicted octanol–water partition coefficient (Wildman–Crippen LogP) is 4.91. The van der Waals surface area contributed by atoms with Crippen molar-refractivity contribution in [2.75, 3.05) is 30.4 Å². The molecule has 164 valence electrons. The topological polar surface area (TPSA) is 53.1 Å². The average molecular weight is 425 g/mol. The van der Waals surface area contributed by atoms with Crippen molar-refractivity contribution in [2.45, 2.75) is 51.2 Å². The van der Waals surface area contributed by atoms with Gasteiger partial charge in [0.15, 0.2) is 0 Å². The molecule has 1 fully saturated rings. The van der Waals surface area contributed by atoms with E-state index >= 15 is 0 Å². The van der Waals surface area contributed by atoms with Crippen LogP contribution >= 0.6 is 0 Å². The normalized spacial score (nSPS) is 17.3. The first-order valence-electron chi connectivity index (χ1n) is 10.2. The van der Waals surface area contributed by atoms with Crippen molar-refractivity contribution in [1.29, 1.82) is 0 Å². The smallest absolute Gasteiger partial charge is 0.355 e. The average Bonchev–Trinajstić information content (AvgIpc) is 2.72. The van der Waals surface area contributed by atoms with Crippen molar-refractivity contribution in [1.82, 2.24) is 15.3 Å². The lowest BCUT2D eigenvalue weighted by Gasteiger charge is -2.33. The number of hydrogen-bond donors (Lipinski definition) is 2. The van der Waals surface area contributed by atoms with E-state index < -0.39 is 17.6 Å². The first-order valence-corrected chi connectivity index (χ1v) is 10.2. The summed E-state index contributed by atoms with van der Waals surface area (Å²) in [5, 5.41) is 6.12. The molecule has 2 aromatic rings. The number of alkyl halides is 3. The molecule has 1 aromatic heterocycles. The standard InChI is InChI=1S/C21H27F4N5/c1-3-4-6-14-12-19(30-10-5-7-16(13-30)26-2)29-20(27-14)28-15-8-9-18(22)17(11-15)21(23,24)25/h8-9,11-12,16,26H,3-7,10,13H2,1-2H3,(H,27,28,29). The summed E-state index contributed by atoms with van der Waals surface area (Å²) in [5.41, 5.74) is -0.397. The van der Waals surface area contributed by atoms with Gasteiger partial charge in [0.2, 0.25) is 5.95 Å². The lowest BCUT2D eigenvalue weighted by molar-refractivity contribution is -0.139. The quantitative estimate of drug-likeness (QED) is 0.618. The van der Waals surface area contributed by atoms with Gasteiger partial charge >= 0.3 is 6.18 Å². The molecule has 0 bridgehead atoms. The number of aromatic nitrogens is 2. The number of aryl methyl sites for hydroxylation is 1. The maximum atomic E-state index is 13.6. The number of nitrogens with zero attached hydrogens (tertiary/aromatic N) is 3. The summed E-state index contributed by atoms with van der Waals surface area (Å²) >= 11 is 0. The van der Waals surface area contributed by atoms with Gasteiger partial charge in [0, 0.05) is 36.6 Å². The molecule has 1 aliphatic rings. The van der Waals surface area contributed by atoms with Gasteiger partial charge in [-0.05, 0) is 50.9 Å². The summed E-state index contributed by atoms with van der Waals surface area (Å²) in [6.07, 6.45) is 0.0371. The van der Waals surface area contributed by atoms with Gasteiger partial charge in [0.05, 0.1) is 5.56 Å². The van der Waals surface area contributed by atoms with Gasteiger partial charge in [-0.2, -0.15) is 18.2 Å². The number of likely N-dealkylation sites (N-methyl/N-ethyl adjacent to an activating group) is 1. The van der Waals surface area contributed by atoms with Crippen molar-refractivity contribution in [3.05, 3.63) is 41.3 Å². The molecule has 0 amide bonds. The second-order valence-corrected chi connectivity index (χ2v) is 7.54. The van der Waals surface area contributed by atoms with Gasteiger partial charge in [0.25, 0.3) is 0 Å². The summed E-state index contributed by atoms with van der Waals surface area (Å²) < 4.78 is 52.7. The number of anilines is 3. The molecule has 5 nitrogen and oxygen atoms in total. The summed E-state index contributed by atoms with van der Waals surface area (Å²) in [7, 11) is 1.93. The molecule has 0 saturated carbocycles. The molecule has 0 radical (unpaired) electrons. The Morgan fingerprint density at radius 2 is 2.00 bits per heavy atom. The first kappa shape index (κ1) is 22.3. The fourth-order valence-electron chi connectivity index (χ4n) is 3.56. The molecule has 1 unspecified atom stereocenters. The van der Waals surface area contributed by atoms with Gasteiger partial charge in [-0.1, -0.05) is 13.3 Å². The van der Waals surface area contributed by atoms with Gasteiger partial charge in [-0.15, -0.1) is 0 Å². The van der Waals surface area contributed by atoms with Gasteiger partial charge in [-0.3, -0.25) is 0 Å². The van der Waals surface area contributed by atoms with Crippen molar-refractivity contribution in [3.8, 4) is 0 Å². The third-order valence-corrected chi connectivity index (χ3v) is 5.23. The molecule has 1 aromatic carbocycles. The zero-order valence-corrected chi connectivity index (χ0v) is 17.2. The third kappa shape index (κ3) is 5.59. The van der Waals surface area contributed by atoms with E-state index in [2.05, 4.69) is 32.4 Å². The van der Waals surface area contributed by atoms with Crippen LogP contribution < -0.4 is 15.5 Å². The Hall–Kier alpha value is -2.42. The molecule has 2 heterocycles. The molecule has 30 heavy (non-hydrogen) atoms. The number of benzene rings is 1. The van der Waals surface area contributed by atoms with E-state index in [1.54, 1.807) is 0 Å². The molecule has 1 atom stereocenters. The highest BCUT2D eigenvalue weighted by Gasteiger charge is 2.34. The van der Waals surface area contributed by atoms with E-state index in [1.165, 1.54) is 6.07 Å². The summed E-state index contributed by atoms with van der Waals surface area (Å²) in [6.45, 7) is 3.74. The number of unbranched alkanes of at least 4 members (excludes halogenated alkanes) is 1. The van der Waals surface area contributed by atoms with Crippen LogP contribution in [-0.2, 0) is 12.6 Å². The van der Waals surface area contributed by atoms with E-state index in [0.717, 1.165) is 68.8 Å². The fraction of sp³-hybridized carbons (Fsp3) is 0.524. The Labute approximate surface area is 173 Å². The molecule has 0 spiro atoms. The second kappa shape index (κ2) is 9.59. The number of piperidine rings is 1. The highest BCUT2D eigenvalue weighted by molar-refractivity contribution is 5.57. The Kier molecular flexibility index (Phi) is 7.12. The lowest BCUT2D eigenvalue weighted by Crippen LogP contribution is -2.44. The first-order chi connectivity index (χ1) is 14.3. The van der Waals surface area contributed by atoms with E-state index in [-0.39, 0.29) is 11.6 Å². The SMILES string of the molecule is CCCCc1cc(N2CCCC(NC)C2)nc(Nc2ccc(F)c(C(F)(F)F)c2)n1. The number of halogens is 4. The van der Waals surface area contributed by atoms with Crippen molar-refractivity contribution in [2.24, 2.45) is 0 Å².